The number of rotatable bonds is 6. The van der Waals surface area contributed by atoms with Gasteiger partial charge in [0.2, 0.25) is 10.0 Å². The standard InChI is InChI=1S/C18H22IN3O4S2/c19-27-22-10-16(15-2-1-7-20-17(15)22)11-3-5-13(6-4-11)21-28(25,26)14-8-12(9-14)18(23)24/h1-2,7,10-14,21H,3-6,8-9H2,(H,23,24). The number of sulfonamides is 1. The largest absolute Gasteiger partial charge is 0.481 e. The number of pyridine rings is 1. The highest BCUT2D eigenvalue weighted by Gasteiger charge is 2.43. The maximum atomic E-state index is 12.5. The highest BCUT2D eigenvalue weighted by atomic mass is 127. The van der Waals surface area contributed by atoms with Gasteiger partial charge in [-0.1, -0.05) is 0 Å². The molecular formula is C18H22IN3O4S2. The molecule has 2 fully saturated rings. The first-order chi connectivity index (χ1) is 13.4. The minimum absolute atomic E-state index is 0.0597. The predicted octanol–water partition coefficient (Wildman–Crippen LogP) is 3.69. The zero-order chi connectivity index (χ0) is 19.9. The summed E-state index contributed by atoms with van der Waals surface area (Å²) in [5.41, 5.74) is 2.26. The van der Waals surface area contributed by atoms with E-state index in [-0.39, 0.29) is 18.9 Å². The quantitative estimate of drug-likeness (QED) is 0.548. The number of nitrogens with one attached hydrogen (secondary N) is 1. The molecule has 2 aliphatic carbocycles. The molecule has 0 spiro atoms. The second-order valence-electron chi connectivity index (χ2n) is 7.69. The SMILES string of the molecule is O=C(O)C1CC(S(=O)(=O)NC2CCC(c3cn(SI)c4ncccc34)CC2)C1. The summed E-state index contributed by atoms with van der Waals surface area (Å²) in [6.45, 7) is 0. The average molecular weight is 535 g/mol. The fraction of sp³-hybridized carbons (Fsp3) is 0.556. The third kappa shape index (κ3) is 3.92. The van der Waals surface area contributed by atoms with Crippen molar-refractivity contribution in [3.8, 4) is 0 Å². The maximum Gasteiger partial charge on any atom is 0.306 e. The van der Waals surface area contributed by atoms with Crippen LogP contribution in [0.4, 0.5) is 0 Å². The van der Waals surface area contributed by atoms with Gasteiger partial charge in [0.1, 0.15) is 0 Å². The predicted molar refractivity (Wildman–Crippen MR) is 118 cm³/mol. The van der Waals surface area contributed by atoms with Crippen molar-refractivity contribution in [2.24, 2.45) is 5.92 Å². The molecule has 10 heteroatoms. The highest BCUT2D eigenvalue weighted by Crippen LogP contribution is 2.39. The Labute approximate surface area is 180 Å². The van der Waals surface area contributed by atoms with Gasteiger partial charge in [0.15, 0.2) is 5.65 Å². The summed E-state index contributed by atoms with van der Waals surface area (Å²) in [4.78, 5) is 15.4. The smallest absolute Gasteiger partial charge is 0.306 e. The van der Waals surface area contributed by atoms with Crippen LogP contribution in [0.2, 0.25) is 0 Å². The van der Waals surface area contributed by atoms with Crippen LogP contribution in [-0.4, -0.2) is 39.7 Å². The second-order valence-corrected chi connectivity index (χ2v) is 11.4. The summed E-state index contributed by atoms with van der Waals surface area (Å²) in [5, 5.41) is 9.56. The minimum Gasteiger partial charge on any atom is -0.481 e. The van der Waals surface area contributed by atoms with E-state index in [0.29, 0.717) is 5.92 Å². The molecule has 0 bridgehead atoms. The van der Waals surface area contributed by atoms with Crippen LogP contribution in [-0.2, 0) is 14.8 Å². The number of carboxylic acids is 1. The van der Waals surface area contributed by atoms with Crippen molar-refractivity contribution >= 4 is 57.4 Å². The lowest BCUT2D eigenvalue weighted by Gasteiger charge is -2.35. The third-order valence-corrected chi connectivity index (χ3v) is 9.64. The van der Waals surface area contributed by atoms with Crippen molar-refractivity contribution in [2.45, 2.75) is 55.7 Å². The average Bonchev–Trinajstić information content (AvgIpc) is 2.99. The number of fused-ring (bicyclic) bond motifs is 1. The molecular weight excluding hydrogens is 513 g/mol. The molecule has 0 atom stereocenters. The fourth-order valence-electron chi connectivity index (χ4n) is 4.30. The van der Waals surface area contributed by atoms with Crippen LogP contribution in [0.1, 0.15) is 50.0 Å². The van der Waals surface area contributed by atoms with Crippen LogP contribution >= 0.6 is 30.3 Å². The van der Waals surface area contributed by atoms with Gasteiger partial charge >= 0.3 is 5.97 Å². The van der Waals surface area contributed by atoms with Crippen LogP contribution in [0.5, 0.6) is 0 Å². The van der Waals surface area contributed by atoms with E-state index in [1.54, 1.807) is 15.3 Å². The van der Waals surface area contributed by atoms with Crippen LogP contribution < -0.4 is 4.72 Å². The Balaban J connectivity index is 1.38. The molecule has 0 saturated heterocycles. The lowest BCUT2D eigenvalue weighted by molar-refractivity contribution is -0.144. The molecule has 2 saturated carbocycles. The van der Waals surface area contributed by atoms with Crippen LogP contribution in [0.25, 0.3) is 11.0 Å². The Morgan fingerprint density at radius 3 is 2.64 bits per heavy atom. The normalized spacial score (nSPS) is 28.2. The van der Waals surface area contributed by atoms with Gasteiger partial charge in [-0.15, -0.1) is 0 Å². The second kappa shape index (κ2) is 8.11. The number of carbonyl (C=O) groups is 1. The zero-order valence-electron chi connectivity index (χ0n) is 15.1. The van der Waals surface area contributed by atoms with E-state index in [0.717, 1.165) is 31.3 Å². The molecule has 152 valence electrons. The van der Waals surface area contributed by atoms with E-state index in [4.69, 9.17) is 5.11 Å². The van der Waals surface area contributed by atoms with Crippen LogP contribution in [0.3, 0.4) is 0 Å². The topological polar surface area (TPSA) is 101 Å². The number of hydrogen-bond acceptors (Lipinski definition) is 5. The minimum atomic E-state index is -3.44. The molecule has 28 heavy (non-hydrogen) atoms. The molecule has 0 aliphatic heterocycles. The molecule has 0 radical (unpaired) electrons. The monoisotopic (exact) mass is 535 g/mol. The van der Waals surface area contributed by atoms with Gasteiger partial charge in [-0.2, -0.15) is 0 Å². The number of nitrogens with zero attached hydrogens (tertiary/aromatic N) is 2. The molecule has 2 aromatic heterocycles. The number of aromatic nitrogens is 2. The van der Waals surface area contributed by atoms with E-state index < -0.39 is 27.2 Å². The third-order valence-electron chi connectivity index (χ3n) is 6.02. The summed E-state index contributed by atoms with van der Waals surface area (Å²) in [5.74, 6) is -1.01. The Morgan fingerprint density at radius 1 is 1.29 bits per heavy atom. The van der Waals surface area contributed by atoms with Crippen molar-refractivity contribution < 1.29 is 18.3 Å². The summed E-state index contributed by atoms with van der Waals surface area (Å²) >= 11 is 2.25. The molecule has 7 nitrogen and oxygen atoms in total. The van der Waals surface area contributed by atoms with Gasteiger partial charge in [-0.05, 0) is 62.1 Å². The summed E-state index contributed by atoms with van der Waals surface area (Å²) < 4.78 is 29.9. The van der Waals surface area contributed by atoms with E-state index >= 15 is 0 Å². The van der Waals surface area contributed by atoms with E-state index in [2.05, 4.69) is 47.1 Å². The summed E-state index contributed by atoms with van der Waals surface area (Å²) in [6.07, 6.45) is 7.85. The van der Waals surface area contributed by atoms with Gasteiger partial charge in [0.05, 0.1) is 11.2 Å². The van der Waals surface area contributed by atoms with Gasteiger partial charge in [0.25, 0.3) is 0 Å². The van der Waals surface area contributed by atoms with Gasteiger partial charge in [-0.3, -0.25) is 8.77 Å². The van der Waals surface area contributed by atoms with Crippen molar-refractivity contribution in [3.63, 3.8) is 0 Å². The molecule has 2 aromatic rings. The summed E-state index contributed by atoms with van der Waals surface area (Å²) in [7, 11) is -1.84. The van der Waals surface area contributed by atoms with E-state index in [1.807, 2.05) is 6.07 Å². The number of halogens is 1. The van der Waals surface area contributed by atoms with E-state index in [9.17, 15) is 13.2 Å². The first-order valence-corrected chi connectivity index (χ1v) is 14.2. The molecule has 0 unspecified atom stereocenters. The van der Waals surface area contributed by atoms with Crippen molar-refractivity contribution in [1.82, 2.24) is 13.7 Å². The fourth-order valence-corrected chi connectivity index (χ4v) is 7.43. The molecule has 4 rings (SSSR count). The molecule has 2 heterocycles. The molecule has 2 N–H and O–H groups in total. The highest BCUT2D eigenvalue weighted by molar-refractivity contribution is 14.2. The van der Waals surface area contributed by atoms with Crippen molar-refractivity contribution in [3.05, 3.63) is 30.1 Å². The Bertz CT molecular complexity index is 980. The zero-order valence-corrected chi connectivity index (χ0v) is 18.9. The number of carboxylic acid groups (broad SMARTS) is 1. The number of aliphatic carboxylic acids is 1. The lowest BCUT2D eigenvalue weighted by Crippen LogP contribution is -2.48. The van der Waals surface area contributed by atoms with Crippen LogP contribution in [0, 0.1) is 5.92 Å². The van der Waals surface area contributed by atoms with Gasteiger partial charge < -0.3 is 5.11 Å². The van der Waals surface area contributed by atoms with Crippen molar-refractivity contribution in [1.29, 1.82) is 0 Å². The Morgan fingerprint density at radius 2 is 2.00 bits per heavy atom. The molecule has 2 aliphatic rings. The van der Waals surface area contributed by atoms with Crippen LogP contribution in [0.15, 0.2) is 24.5 Å². The Kier molecular flexibility index (Phi) is 5.92. The number of hydrogen-bond donors (Lipinski definition) is 2. The summed E-state index contributed by atoms with van der Waals surface area (Å²) in [6, 6.07) is 4.00. The Hall–Kier alpha value is -0.850. The van der Waals surface area contributed by atoms with Gasteiger partial charge in [-0.25, -0.2) is 18.1 Å². The molecule has 0 amide bonds. The molecule has 0 aromatic carbocycles. The van der Waals surface area contributed by atoms with Gasteiger partial charge in [0, 0.05) is 54.1 Å². The van der Waals surface area contributed by atoms with Crippen molar-refractivity contribution in [2.75, 3.05) is 0 Å². The maximum absolute atomic E-state index is 12.5. The lowest BCUT2D eigenvalue weighted by atomic mass is 9.82. The van der Waals surface area contributed by atoms with E-state index in [1.165, 1.54) is 10.9 Å². The first kappa shape index (κ1) is 20.4. The first-order valence-electron chi connectivity index (χ1n) is 9.38.